The second-order valence-corrected chi connectivity index (χ2v) is 2.13. The molecule has 10 heavy (non-hydrogen) atoms. The largest absolute Gasteiger partial charge is 0.492 e. The van der Waals surface area contributed by atoms with E-state index in [0.717, 1.165) is 18.8 Å². The Labute approximate surface area is 61.2 Å². The normalized spacial score (nSPS) is 9.80. The number of ether oxygens (including phenoxy) is 1. The first-order valence-corrected chi connectivity index (χ1v) is 3.67. The van der Waals surface area contributed by atoms with Gasteiger partial charge in [-0.05, 0) is 13.3 Å². The molecular weight excluding hydrogens is 126 g/mol. The number of rotatable bonds is 3. The van der Waals surface area contributed by atoms with Crippen molar-refractivity contribution < 1.29 is 4.74 Å². The van der Waals surface area contributed by atoms with Gasteiger partial charge < -0.3 is 9.72 Å². The minimum Gasteiger partial charge on any atom is -0.492 e. The summed E-state index contributed by atoms with van der Waals surface area (Å²) in [6, 6.07) is 0. The van der Waals surface area contributed by atoms with Crippen LogP contribution < -0.4 is 4.74 Å². The highest BCUT2D eigenvalue weighted by atomic mass is 16.5. The lowest BCUT2D eigenvalue weighted by atomic mass is 10.2. The summed E-state index contributed by atoms with van der Waals surface area (Å²) in [7, 11) is 0. The SMILES string of the molecule is CCOc1c[nH]cc1CC. The van der Waals surface area contributed by atoms with Crippen LogP contribution in [-0.2, 0) is 6.42 Å². The molecule has 0 spiro atoms. The molecule has 1 N–H and O–H groups in total. The minimum absolute atomic E-state index is 0.741. The molecule has 0 saturated heterocycles. The Balaban J connectivity index is 2.70. The minimum atomic E-state index is 0.741. The molecule has 0 aliphatic rings. The predicted molar refractivity (Wildman–Crippen MR) is 41.3 cm³/mol. The summed E-state index contributed by atoms with van der Waals surface area (Å²) < 4.78 is 5.34. The van der Waals surface area contributed by atoms with Crippen LogP contribution in [-0.4, -0.2) is 11.6 Å². The van der Waals surface area contributed by atoms with Crippen molar-refractivity contribution in [3.05, 3.63) is 18.0 Å². The number of aromatic nitrogens is 1. The average Bonchev–Trinajstić information content (AvgIpc) is 2.36. The Morgan fingerprint density at radius 1 is 1.40 bits per heavy atom. The molecule has 0 aliphatic carbocycles. The summed E-state index contributed by atoms with van der Waals surface area (Å²) in [4.78, 5) is 3.01. The van der Waals surface area contributed by atoms with Gasteiger partial charge in [-0.2, -0.15) is 0 Å². The van der Waals surface area contributed by atoms with Gasteiger partial charge in [-0.25, -0.2) is 0 Å². The number of hydrogen-bond acceptors (Lipinski definition) is 1. The van der Waals surface area contributed by atoms with Gasteiger partial charge >= 0.3 is 0 Å². The van der Waals surface area contributed by atoms with Crippen molar-refractivity contribution >= 4 is 0 Å². The highest BCUT2D eigenvalue weighted by molar-refractivity contribution is 5.29. The molecule has 1 aromatic heterocycles. The van der Waals surface area contributed by atoms with Gasteiger partial charge in [-0.3, -0.25) is 0 Å². The maximum atomic E-state index is 5.34. The fraction of sp³-hybridized carbons (Fsp3) is 0.500. The lowest BCUT2D eigenvalue weighted by Gasteiger charge is -2.00. The van der Waals surface area contributed by atoms with Crippen molar-refractivity contribution in [2.24, 2.45) is 0 Å². The van der Waals surface area contributed by atoms with Crippen molar-refractivity contribution in [3.8, 4) is 5.75 Å². The predicted octanol–water partition coefficient (Wildman–Crippen LogP) is 1.98. The summed E-state index contributed by atoms with van der Waals surface area (Å²) in [5.74, 6) is 0.991. The Hall–Kier alpha value is -0.920. The van der Waals surface area contributed by atoms with Crippen LogP contribution in [0, 0.1) is 0 Å². The van der Waals surface area contributed by atoms with Crippen LogP contribution in [0.25, 0.3) is 0 Å². The van der Waals surface area contributed by atoms with Gasteiger partial charge in [0.05, 0.1) is 6.61 Å². The smallest absolute Gasteiger partial charge is 0.139 e. The molecule has 1 aromatic rings. The molecule has 0 fully saturated rings. The van der Waals surface area contributed by atoms with Crippen LogP contribution >= 0.6 is 0 Å². The standard InChI is InChI=1S/C8H13NO/c1-3-7-5-9-6-8(7)10-4-2/h5-6,9H,3-4H2,1-2H3. The first kappa shape index (κ1) is 7.19. The molecule has 2 nitrogen and oxygen atoms in total. The van der Waals surface area contributed by atoms with Crippen LogP contribution in [0.15, 0.2) is 12.4 Å². The second-order valence-electron chi connectivity index (χ2n) is 2.13. The first-order valence-electron chi connectivity index (χ1n) is 3.67. The number of nitrogens with one attached hydrogen (secondary N) is 1. The van der Waals surface area contributed by atoms with E-state index in [1.807, 2.05) is 19.3 Å². The van der Waals surface area contributed by atoms with E-state index >= 15 is 0 Å². The van der Waals surface area contributed by atoms with Gasteiger partial charge in [0.15, 0.2) is 0 Å². The number of aromatic amines is 1. The molecule has 0 amide bonds. The molecule has 1 rings (SSSR count). The monoisotopic (exact) mass is 139 g/mol. The molecule has 0 atom stereocenters. The van der Waals surface area contributed by atoms with E-state index in [1.165, 1.54) is 5.56 Å². The van der Waals surface area contributed by atoms with Crippen LogP contribution in [0.4, 0.5) is 0 Å². The molecular formula is C8H13NO. The summed E-state index contributed by atoms with van der Waals surface area (Å²) in [5.41, 5.74) is 1.25. The molecule has 0 bridgehead atoms. The third-order valence-electron chi connectivity index (χ3n) is 1.47. The van der Waals surface area contributed by atoms with Crippen LogP contribution in [0.1, 0.15) is 19.4 Å². The van der Waals surface area contributed by atoms with Crippen molar-refractivity contribution in [1.29, 1.82) is 0 Å². The van der Waals surface area contributed by atoms with E-state index in [1.54, 1.807) is 0 Å². The molecule has 56 valence electrons. The van der Waals surface area contributed by atoms with E-state index in [0.29, 0.717) is 0 Å². The third-order valence-corrected chi connectivity index (χ3v) is 1.47. The van der Waals surface area contributed by atoms with Gasteiger partial charge in [0.25, 0.3) is 0 Å². The topological polar surface area (TPSA) is 25.0 Å². The summed E-state index contributed by atoms with van der Waals surface area (Å²) in [6.45, 7) is 4.85. The third kappa shape index (κ3) is 1.32. The van der Waals surface area contributed by atoms with Gasteiger partial charge in [0, 0.05) is 18.0 Å². The molecule has 1 heterocycles. The Kier molecular flexibility index (Phi) is 2.37. The fourth-order valence-corrected chi connectivity index (χ4v) is 0.948. The number of H-pyrrole nitrogens is 1. The molecule has 0 aromatic carbocycles. The van der Waals surface area contributed by atoms with E-state index in [9.17, 15) is 0 Å². The Bertz CT molecular complexity index is 193. The van der Waals surface area contributed by atoms with E-state index in [2.05, 4.69) is 11.9 Å². The van der Waals surface area contributed by atoms with Crippen LogP contribution in [0.3, 0.4) is 0 Å². The molecule has 0 radical (unpaired) electrons. The van der Waals surface area contributed by atoms with Gasteiger partial charge in [0.1, 0.15) is 5.75 Å². The number of aryl methyl sites for hydroxylation is 1. The molecule has 0 aliphatic heterocycles. The zero-order chi connectivity index (χ0) is 7.40. The average molecular weight is 139 g/mol. The lowest BCUT2D eigenvalue weighted by molar-refractivity contribution is 0.337. The van der Waals surface area contributed by atoms with E-state index in [4.69, 9.17) is 4.74 Å². The van der Waals surface area contributed by atoms with Crippen molar-refractivity contribution in [2.75, 3.05) is 6.61 Å². The maximum absolute atomic E-state index is 5.34. The zero-order valence-corrected chi connectivity index (χ0v) is 6.48. The summed E-state index contributed by atoms with van der Waals surface area (Å²) >= 11 is 0. The van der Waals surface area contributed by atoms with Crippen molar-refractivity contribution in [3.63, 3.8) is 0 Å². The van der Waals surface area contributed by atoms with Crippen molar-refractivity contribution in [1.82, 2.24) is 4.98 Å². The van der Waals surface area contributed by atoms with E-state index in [-0.39, 0.29) is 0 Å². The zero-order valence-electron chi connectivity index (χ0n) is 6.48. The summed E-state index contributed by atoms with van der Waals surface area (Å²) in [6.07, 6.45) is 4.89. The quantitative estimate of drug-likeness (QED) is 0.680. The van der Waals surface area contributed by atoms with E-state index < -0.39 is 0 Å². The van der Waals surface area contributed by atoms with Crippen LogP contribution in [0.5, 0.6) is 5.75 Å². The first-order chi connectivity index (χ1) is 4.88. The maximum Gasteiger partial charge on any atom is 0.139 e. The van der Waals surface area contributed by atoms with Gasteiger partial charge in [0.2, 0.25) is 0 Å². The Morgan fingerprint density at radius 2 is 2.20 bits per heavy atom. The fourth-order valence-electron chi connectivity index (χ4n) is 0.948. The number of hydrogen-bond donors (Lipinski definition) is 1. The van der Waals surface area contributed by atoms with Gasteiger partial charge in [-0.1, -0.05) is 6.92 Å². The van der Waals surface area contributed by atoms with Crippen molar-refractivity contribution in [2.45, 2.75) is 20.3 Å². The highest BCUT2D eigenvalue weighted by Gasteiger charge is 1.99. The molecule has 2 heteroatoms. The van der Waals surface area contributed by atoms with Crippen LogP contribution in [0.2, 0.25) is 0 Å². The molecule has 0 unspecified atom stereocenters. The summed E-state index contributed by atoms with van der Waals surface area (Å²) in [5, 5.41) is 0. The molecule has 0 saturated carbocycles. The second kappa shape index (κ2) is 3.30. The Morgan fingerprint density at radius 3 is 2.80 bits per heavy atom. The highest BCUT2D eigenvalue weighted by Crippen LogP contribution is 2.17. The lowest BCUT2D eigenvalue weighted by Crippen LogP contribution is -1.91. The van der Waals surface area contributed by atoms with Gasteiger partial charge in [-0.15, -0.1) is 0 Å².